The van der Waals surface area contributed by atoms with E-state index < -0.39 is 43.1 Å². The normalized spacial score (nSPS) is 13.3. The molecule has 0 N–H and O–H groups in total. The van der Waals surface area contributed by atoms with Crippen molar-refractivity contribution >= 4 is 30.4 Å². The van der Waals surface area contributed by atoms with Gasteiger partial charge in [-0.1, -0.05) is 67.4 Å². The van der Waals surface area contributed by atoms with Crippen LogP contribution in [0.15, 0.2) is 106 Å². The Bertz CT molecular complexity index is 1430. The molecule has 37 heavy (non-hydrogen) atoms. The molecule has 3 aromatic rings. The summed E-state index contributed by atoms with van der Waals surface area (Å²) in [6, 6.07) is 22.8. The van der Waals surface area contributed by atoms with Crippen molar-refractivity contribution in [3.63, 3.8) is 0 Å². The standard InChI is InChI=1S/C25H28O9S3/c26-35(27,23-14-6-1-7-15-23)32-20-12-4-5-13-22(34-37(30,31)25-18-10-3-11-19-25)21-33-36(28,29)24-16-8-2-9-17-24/h1-3,6-11,14-19,22H,4-5,12-13,20-21H2. The van der Waals surface area contributed by atoms with E-state index in [0.717, 1.165) is 0 Å². The SMILES string of the molecule is O=S(=O)(OCCCCCC(COS(=O)(=O)c1ccccc1)OS(=O)(=O)c1ccccc1)c1ccccc1. The Balaban J connectivity index is 1.57. The lowest BCUT2D eigenvalue weighted by molar-refractivity contribution is 0.127. The summed E-state index contributed by atoms with van der Waals surface area (Å²) in [4.78, 5) is -0.0618. The molecule has 1 unspecified atom stereocenters. The van der Waals surface area contributed by atoms with Crippen LogP contribution in [0.3, 0.4) is 0 Å². The number of rotatable bonds is 15. The van der Waals surface area contributed by atoms with Gasteiger partial charge in [-0.25, -0.2) is 0 Å². The van der Waals surface area contributed by atoms with Gasteiger partial charge in [0.1, 0.15) is 6.10 Å². The van der Waals surface area contributed by atoms with E-state index in [1.807, 2.05) is 0 Å². The van der Waals surface area contributed by atoms with Crippen LogP contribution in [0.5, 0.6) is 0 Å². The molecule has 0 radical (unpaired) electrons. The molecular weight excluding hydrogens is 540 g/mol. The predicted octanol–water partition coefficient (Wildman–Crippen LogP) is 4.13. The summed E-state index contributed by atoms with van der Waals surface area (Å²) < 4.78 is 90.2. The molecule has 0 saturated heterocycles. The summed E-state index contributed by atoms with van der Waals surface area (Å²) in [5.41, 5.74) is 0. The fourth-order valence-electron chi connectivity index (χ4n) is 3.28. The van der Waals surface area contributed by atoms with Crippen LogP contribution in [0.2, 0.25) is 0 Å². The van der Waals surface area contributed by atoms with Gasteiger partial charge < -0.3 is 0 Å². The Morgan fingerprint density at radius 2 is 0.946 bits per heavy atom. The molecule has 0 aromatic heterocycles. The van der Waals surface area contributed by atoms with Gasteiger partial charge in [0.05, 0.1) is 27.9 Å². The summed E-state index contributed by atoms with van der Waals surface area (Å²) >= 11 is 0. The third kappa shape index (κ3) is 9.02. The summed E-state index contributed by atoms with van der Waals surface area (Å²) in [7, 11) is -12.1. The first kappa shape index (κ1) is 29.0. The van der Waals surface area contributed by atoms with Crippen LogP contribution < -0.4 is 0 Å². The van der Waals surface area contributed by atoms with E-state index in [1.54, 1.807) is 54.6 Å². The average molecular weight is 569 g/mol. The Morgan fingerprint density at radius 3 is 1.43 bits per heavy atom. The molecule has 0 aliphatic heterocycles. The summed E-state index contributed by atoms with van der Waals surface area (Å²) in [6.07, 6.45) is 0.354. The van der Waals surface area contributed by atoms with E-state index in [4.69, 9.17) is 12.5 Å². The molecule has 3 aromatic carbocycles. The number of benzene rings is 3. The Labute approximate surface area is 218 Å². The molecule has 200 valence electrons. The zero-order chi connectivity index (χ0) is 26.8. The van der Waals surface area contributed by atoms with Gasteiger partial charge in [0.15, 0.2) is 0 Å². The predicted molar refractivity (Wildman–Crippen MR) is 136 cm³/mol. The lowest BCUT2D eigenvalue weighted by Gasteiger charge is -2.18. The molecule has 0 amide bonds. The Hall–Kier alpha value is -2.61. The second-order valence-corrected chi connectivity index (χ2v) is 12.8. The van der Waals surface area contributed by atoms with Crippen LogP contribution in [0.1, 0.15) is 25.7 Å². The van der Waals surface area contributed by atoms with Gasteiger partial charge in [0.2, 0.25) is 0 Å². The first-order valence-corrected chi connectivity index (χ1v) is 15.7. The maximum absolute atomic E-state index is 12.7. The topological polar surface area (TPSA) is 130 Å². The Kier molecular flexibility index (Phi) is 10.4. The van der Waals surface area contributed by atoms with E-state index in [1.165, 1.54) is 36.4 Å². The zero-order valence-electron chi connectivity index (χ0n) is 19.9. The van der Waals surface area contributed by atoms with Crippen LogP contribution in [0.25, 0.3) is 0 Å². The van der Waals surface area contributed by atoms with Crippen molar-refractivity contribution in [1.82, 2.24) is 0 Å². The van der Waals surface area contributed by atoms with Crippen LogP contribution in [-0.4, -0.2) is 44.6 Å². The van der Waals surface area contributed by atoms with Crippen LogP contribution in [0.4, 0.5) is 0 Å². The van der Waals surface area contributed by atoms with E-state index in [0.29, 0.717) is 19.3 Å². The van der Waals surface area contributed by atoms with Gasteiger partial charge in [-0.2, -0.15) is 25.3 Å². The van der Waals surface area contributed by atoms with E-state index in [2.05, 4.69) is 0 Å². The maximum atomic E-state index is 12.7. The lowest BCUT2D eigenvalue weighted by atomic mass is 10.1. The molecule has 0 aliphatic carbocycles. The average Bonchev–Trinajstić information content (AvgIpc) is 2.90. The summed E-state index contributed by atoms with van der Waals surface area (Å²) in [6.45, 7) is -0.563. The molecule has 0 heterocycles. The number of unbranched alkanes of at least 4 members (excludes halogenated alkanes) is 2. The zero-order valence-corrected chi connectivity index (χ0v) is 22.3. The van der Waals surface area contributed by atoms with Crippen molar-refractivity contribution in [1.29, 1.82) is 0 Å². The highest BCUT2D eigenvalue weighted by molar-refractivity contribution is 7.87. The van der Waals surface area contributed by atoms with Gasteiger partial charge in [-0.05, 0) is 49.2 Å². The van der Waals surface area contributed by atoms with Crippen molar-refractivity contribution in [2.24, 2.45) is 0 Å². The first-order chi connectivity index (χ1) is 17.6. The largest absolute Gasteiger partial charge is 0.297 e. The molecule has 0 aliphatic rings. The smallest absolute Gasteiger partial charge is 0.266 e. The van der Waals surface area contributed by atoms with Crippen molar-refractivity contribution in [3.05, 3.63) is 91.0 Å². The van der Waals surface area contributed by atoms with Gasteiger partial charge in [0, 0.05) is 0 Å². The highest BCUT2D eigenvalue weighted by Gasteiger charge is 2.25. The number of hydrogen-bond donors (Lipinski definition) is 0. The van der Waals surface area contributed by atoms with Crippen molar-refractivity contribution < 1.29 is 37.8 Å². The van der Waals surface area contributed by atoms with Crippen molar-refractivity contribution in [2.45, 2.75) is 46.5 Å². The monoisotopic (exact) mass is 568 g/mol. The van der Waals surface area contributed by atoms with Crippen LogP contribution >= 0.6 is 0 Å². The molecule has 0 fully saturated rings. The highest BCUT2D eigenvalue weighted by atomic mass is 32.2. The molecule has 0 saturated carbocycles. The Morgan fingerprint density at radius 1 is 0.514 bits per heavy atom. The van der Waals surface area contributed by atoms with Gasteiger partial charge in [0.25, 0.3) is 30.4 Å². The quantitative estimate of drug-likeness (QED) is 0.196. The van der Waals surface area contributed by atoms with Gasteiger partial charge in [-0.3, -0.25) is 12.5 Å². The maximum Gasteiger partial charge on any atom is 0.297 e. The van der Waals surface area contributed by atoms with Crippen molar-refractivity contribution in [2.75, 3.05) is 13.2 Å². The first-order valence-electron chi connectivity index (χ1n) is 11.5. The summed E-state index contributed by atoms with van der Waals surface area (Å²) in [5, 5.41) is 0. The second kappa shape index (κ2) is 13.3. The van der Waals surface area contributed by atoms with E-state index in [9.17, 15) is 25.3 Å². The minimum Gasteiger partial charge on any atom is -0.266 e. The number of hydrogen-bond acceptors (Lipinski definition) is 9. The van der Waals surface area contributed by atoms with Crippen LogP contribution in [-0.2, 0) is 42.9 Å². The van der Waals surface area contributed by atoms with Gasteiger partial charge in [-0.15, -0.1) is 0 Å². The minimum atomic E-state index is -4.17. The fourth-order valence-corrected chi connectivity index (χ4v) is 6.31. The van der Waals surface area contributed by atoms with Crippen LogP contribution in [0, 0.1) is 0 Å². The molecular formula is C25H28O9S3. The molecule has 3 rings (SSSR count). The lowest BCUT2D eigenvalue weighted by Crippen LogP contribution is -2.26. The van der Waals surface area contributed by atoms with E-state index >= 15 is 0 Å². The second-order valence-electron chi connectivity index (χ2n) is 7.98. The molecule has 1 atom stereocenters. The molecule has 12 heteroatoms. The highest BCUT2D eigenvalue weighted by Crippen LogP contribution is 2.20. The summed E-state index contributed by atoms with van der Waals surface area (Å²) in [5.74, 6) is 0. The fraction of sp³-hybridized carbons (Fsp3) is 0.280. The molecule has 0 spiro atoms. The van der Waals surface area contributed by atoms with Gasteiger partial charge >= 0.3 is 0 Å². The third-order valence-electron chi connectivity index (χ3n) is 5.18. The van der Waals surface area contributed by atoms with E-state index in [-0.39, 0.29) is 27.7 Å². The van der Waals surface area contributed by atoms with Crippen molar-refractivity contribution in [3.8, 4) is 0 Å². The third-order valence-corrected chi connectivity index (χ3v) is 9.17. The minimum absolute atomic E-state index is 0.0516. The molecule has 0 bridgehead atoms. The molecule has 9 nitrogen and oxygen atoms in total.